The van der Waals surface area contributed by atoms with E-state index in [0.29, 0.717) is 11.0 Å². The molecule has 3 rings (SSSR count). The van der Waals surface area contributed by atoms with E-state index < -0.39 is 24.4 Å². The molecular formula is C24H30BNO5. The molecule has 7 heteroatoms. The van der Waals surface area contributed by atoms with Crippen LogP contribution in [0.5, 0.6) is 5.75 Å². The van der Waals surface area contributed by atoms with E-state index in [1.807, 2.05) is 77.1 Å². The predicted molar refractivity (Wildman–Crippen MR) is 122 cm³/mol. The largest absolute Gasteiger partial charge is 0.507 e. The predicted octanol–water partition coefficient (Wildman–Crippen LogP) is 4.64. The molecule has 1 amide bonds. The Hall–Kier alpha value is -2.77. The molecule has 1 heterocycles. The van der Waals surface area contributed by atoms with Gasteiger partial charge in [0.25, 0.3) is 0 Å². The van der Waals surface area contributed by atoms with Gasteiger partial charge in [0, 0.05) is 12.1 Å². The van der Waals surface area contributed by atoms with Crippen LogP contribution < -0.4 is 5.32 Å². The topological polar surface area (TPSA) is 77.0 Å². The first-order valence-corrected chi connectivity index (χ1v) is 10.4. The molecule has 1 saturated heterocycles. The van der Waals surface area contributed by atoms with Crippen LogP contribution in [-0.4, -0.2) is 36.1 Å². The molecule has 0 atom stereocenters. The normalized spacial score (nSPS) is 17.5. The molecule has 31 heavy (non-hydrogen) atoms. The van der Waals surface area contributed by atoms with Gasteiger partial charge < -0.3 is 24.5 Å². The third kappa shape index (κ3) is 5.68. The molecule has 0 saturated carbocycles. The van der Waals surface area contributed by atoms with E-state index in [9.17, 15) is 9.90 Å². The van der Waals surface area contributed by atoms with Gasteiger partial charge in [-0.25, -0.2) is 4.79 Å². The Kier molecular flexibility index (Phi) is 6.77. The molecule has 1 fully saturated rings. The summed E-state index contributed by atoms with van der Waals surface area (Å²) in [5, 5.41) is 13.1. The fraction of sp³-hybridized carbons (Fsp3) is 0.375. The number of hydrogen-bond acceptors (Lipinski definition) is 5. The van der Waals surface area contributed by atoms with Crippen LogP contribution in [0.15, 0.2) is 54.0 Å². The number of amides is 1. The molecule has 2 aromatic carbocycles. The summed E-state index contributed by atoms with van der Waals surface area (Å²) in [5.74, 6) is 0.153. The summed E-state index contributed by atoms with van der Waals surface area (Å²) in [6.45, 7) is 10.1. The highest BCUT2D eigenvalue weighted by Crippen LogP contribution is 2.39. The molecule has 1 aliphatic rings. The van der Waals surface area contributed by atoms with Gasteiger partial charge in [0.05, 0.1) is 11.2 Å². The van der Waals surface area contributed by atoms with E-state index in [2.05, 4.69) is 5.32 Å². The first-order valence-electron chi connectivity index (χ1n) is 10.4. The third-order valence-electron chi connectivity index (χ3n) is 5.73. The Bertz CT molecular complexity index is 940. The van der Waals surface area contributed by atoms with Gasteiger partial charge in [0.1, 0.15) is 12.4 Å². The number of alkyl carbamates (subject to hydrolysis) is 1. The highest BCUT2D eigenvalue weighted by atomic mass is 16.7. The summed E-state index contributed by atoms with van der Waals surface area (Å²) in [4.78, 5) is 12.3. The second kappa shape index (κ2) is 9.16. The number of ether oxygens (including phenoxy) is 1. The van der Waals surface area contributed by atoms with Crippen molar-refractivity contribution in [2.24, 2.45) is 0 Å². The summed E-state index contributed by atoms with van der Waals surface area (Å²) in [6, 6.07) is 14.9. The quantitative estimate of drug-likeness (QED) is 0.662. The molecular weight excluding hydrogens is 393 g/mol. The van der Waals surface area contributed by atoms with Crippen LogP contribution in [0.3, 0.4) is 0 Å². The molecule has 0 radical (unpaired) electrons. The van der Waals surface area contributed by atoms with Crippen molar-refractivity contribution in [3.8, 4) is 5.75 Å². The highest BCUT2D eigenvalue weighted by Gasteiger charge is 2.52. The van der Waals surface area contributed by atoms with E-state index in [-0.39, 0.29) is 18.9 Å². The molecule has 1 aliphatic heterocycles. The van der Waals surface area contributed by atoms with Crippen LogP contribution in [0.2, 0.25) is 0 Å². The number of phenols is 1. The number of nitrogens with one attached hydrogen (secondary N) is 1. The molecule has 0 spiro atoms. The number of benzene rings is 2. The molecule has 2 N–H and O–H groups in total. The average Bonchev–Trinajstić information content (AvgIpc) is 2.93. The van der Waals surface area contributed by atoms with Crippen molar-refractivity contribution in [1.82, 2.24) is 5.32 Å². The summed E-state index contributed by atoms with van der Waals surface area (Å²) < 4.78 is 17.6. The summed E-state index contributed by atoms with van der Waals surface area (Å²) in [7, 11) is -0.667. The Morgan fingerprint density at radius 2 is 1.74 bits per heavy atom. The van der Waals surface area contributed by atoms with Crippen molar-refractivity contribution in [2.75, 3.05) is 6.54 Å². The fourth-order valence-corrected chi connectivity index (χ4v) is 3.12. The number of carbonyl (C=O) groups is 1. The summed E-state index contributed by atoms with van der Waals surface area (Å²) >= 11 is 0. The molecule has 0 aromatic heterocycles. The van der Waals surface area contributed by atoms with Crippen LogP contribution in [-0.2, 0) is 20.7 Å². The number of phenolic OH excluding ortho intramolecular Hbond substituents is 1. The molecule has 2 aromatic rings. The first-order chi connectivity index (χ1) is 14.6. The van der Waals surface area contributed by atoms with Gasteiger partial charge in [-0.2, -0.15) is 0 Å². The SMILES string of the molecule is Cc1ccc(C=C(CNC(=O)OCc2ccccc2)B2OC(C)(C)C(C)(C)O2)c(O)c1. The van der Waals surface area contributed by atoms with Crippen LogP contribution in [0.25, 0.3) is 6.08 Å². The lowest BCUT2D eigenvalue weighted by atomic mass is 9.77. The lowest BCUT2D eigenvalue weighted by molar-refractivity contribution is 0.00578. The monoisotopic (exact) mass is 423 g/mol. The smallest absolute Gasteiger partial charge is 0.492 e. The van der Waals surface area contributed by atoms with Gasteiger partial charge in [0.2, 0.25) is 0 Å². The van der Waals surface area contributed by atoms with Gasteiger partial charge in [-0.3, -0.25) is 0 Å². The average molecular weight is 423 g/mol. The van der Waals surface area contributed by atoms with Crippen molar-refractivity contribution in [2.45, 2.75) is 52.4 Å². The van der Waals surface area contributed by atoms with Crippen molar-refractivity contribution in [1.29, 1.82) is 0 Å². The number of hydrogen-bond donors (Lipinski definition) is 2. The van der Waals surface area contributed by atoms with E-state index in [4.69, 9.17) is 14.0 Å². The Morgan fingerprint density at radius 3 is 2.35 bits per heavy atom. The number of aryl methyl sites for hydroxylation is 1. The van der Waals surface area contributed by atoms with E-state index >= 15 is 0 Å². The minimum Gasteiger partial charge on any atom is -0.507 e. The molecule has 6 nitrogen and oxygen atoms in total. The van der Waals surface area contributed by atoms with Gasteiger partial charge in [-0.05, 0) is 57.3 Å². The van der Waals surface area contributed by atoms with Crippen molar-refractivity contribution >= 4 is 19.3 Å². The minimum atomic E-state index is -0.667. The minimum absolute atomic E-state index is 0.151. The zero-order chi connectivity index (χ0) is 22.6. The van der Waals surface area contributed by atoms with Gasteiger partial charge in [-0.15, -0.1) is 0 Å². The summed E-state index contributed by atoms with van der Waals surface area (Å²) in [5.41, 5.74) is 2.10. The Balaban J connectivity index is 1.74. The molecule has 164 valence electrons. The summed E-state index contributed by atoms with van der Waals surface area (Å²) in [6.07, 6.45) is 1.24. The second-order valence-electron chi connectivity index (χ2n) is 8.79. The van der Waals surface area contributed by atoms with Crippen LogP contribution in [0.4, 0.5) is 4.79 Å². The Labute approximate surface area is 184 Å². The number of carbonyl (C=O) groups excluding carboxylic acids is 1. The maximum absolute atomic E-state index is 12.3. The van der Waals surface area contributed by atoms with Gasteiger partial charge in [0.15, 0.2) is 0 Å². The zero-order valence-electron chi connectivity index (χ0n) is 18.8. The lowest BCUT2D eigenvalue weighted by Crippen LogP contribution is -2.41. The van der Waals surface area contributed by atoms with Crippen molar-refractivity contribution < 1.29 is 23.9 Å². The third-order valence-corrected chi connectivity index (χ3v) is 5.73. The second-order valence-corrected chi connectivity index (χ2v) is 8.79. The maximum Gasteiger partial charge on any atom is 0.492 e. The van der Waals surface area contributed by atoms with E-state index in [0.717, 1.165) is 11.1 Å². The standard InChI is InChI=1S/C24H30BNO5/c1-17-11-12-19(21(27)13-17)14-20(25-30-23(2,3)24(4,5)31-25)15-26-22(28)29-16-18-9-7-6-8-10-18/h6-14,27H,15-16H2,1-5H3,(H,26,28). The zero-order valence-corrected chi connectivity index (χ0v) is 18.8. The van der Waals surface area contributed by atoms with Gasteiger partial charge >= 0.3 is 13.2 Å². The molecule has 0 unspecified atom stereocenters. The van der Waals surface area contributed by atoms with Crippen molar-refractivity contribution in [3.63, 3.8) is 0 Å². The fourth-order valence-electron chi connectivity index (χ4n) is 3.12. The number of aromatic hydroxyl groups is 1. The van der Waals surface area contributed by atoms with Crippen LogP contribution in [0.1, 0.15) is 44.4 Å². The maximum atomic E-state index is 12.3. The van der Waals surface area contributed by atoms with Crippen LogP contribution >= 0.6 is 0 Å². The van der Waals surface area contributed by atoms with E-state index in [1.165, 1.54) is 0 Å². The first kappa shape index (κ1) is 22.9. The lowest BCUT2D eigenvalue weighted by Gasteiger charge is -2.32. The molecule has 0 bridgehead atoms. The van der Waals surface area contributed by atoms with Gasteiger partial charge in [-0.1, -0.05) is 48.5 Å². The van der Waals surface area contributed by atoms with Crippen LogP contribution in [0, 0.1) is 6.92 Å². The number of rotatable bonds is 6. The van der Waals surface area contributed by atoms with E-state index in [1.54, 1.807) is 12.1 Å². The van der Waals surface area contributed by atoms with Crippen molar-refractivity contribution in [3.05, 3.63) is 70.7 Å². The highest BCUT2D eigenvalue weighted by molar-refractivity contribution is 6.56. The Morgan fingerprint density at radius 1 is 1.10 bits per heavy atom. The molecule has 0 aliphatic carbocycles.